The van der Waals surface area contributed by atoms with Gasteiger partial charge in [0.25, 0.3) is 0 Å². The van der Waals surface area contributed by atoms with Gasteiger partial charge in [0.1, 0.15) is 0 Å². The molecule has 0 bridgehead atoms. The Morgan fingerprint density at radius 1 is 0.733 bits per heavy atom. The molecular weight excluding hydrogens is 385 g/mol. The van der Waals surface area contributed by atoms with E-state index in [4.69, 9.17) is 5.73 Å². The van der Waals surface area contributed by atoms with E-state index in [0.717, 1.165) is 46.9 Å². The number of unbranched alkanes of at least 4 members (excludes halogenated alkanes) is 1. The standard InChI is InChI=1S/C25H23F3N2/c26-25(27,28)22-11-6-10-21-20(9-4-5-16-29)23(30-24(21)22)19-14-12-18(13-15-19)17-7-2-1-3-8-17/h1-3,6-8,10-15,30H,4-5,9,16,29H2. The Kier molecular flexibility index (Phi) is 5.64. The van der Waals surface area contributed by atoms with E-state index >= 15 is 0 Å². The van der Waals surface area contributed by atoms with Crippen LogP contribution in [0.5, 0.6) is 0 Å². The molecule has 4 aromatic rings. The van der Waals surface area contributed by atoms with Crippen molar-refractivity contribution < 1.29 is 13.2 Å². The van der Waals surface area contributed by atoms with Crippen molar-refractivity contribution in [3.63, 3.8) is 0 Å². The Morgan fingerprint density at radius 3 is 2.07 bits per heavy atom. The van der Waals surface area contributed by atoms with Gasteiger partial charge in [-0.2, -0.15) is 13.2 Å². The van der Waals surface area contributed by atoms with Crippen molar-refractivity contribution in [3.8, 4) is 22.4 Å². The fourth-order valence-corrected chi connectivity index (χ4v) is 3.92. The highest BCUT2D eigenvalue weighted by atomic mass is 19.4. The number of para-hydroxylation sites is 1. The number of halogens is 3. The highest BCUT2D eigenvalue weighted by molar-refractivity contribution is 5.93. The first-order valence-corrected chi connectivity index (χ1v) is 10.1. The summed E-state index contributed by atoms with van der Waals surface area (Å²) in [7, 11) is 0. The van der Waals surface area contributed by atoms with Gasteiger partial charge in [-0.15, -0.1) is 0 Å². The van der Waals surface area contributed by atoms with E-state index < -0.39 is 11.7 Å². The maximum Gasteiger partial charge on any atom is 0.418 e. The number of nitrogens with one attached hydrogen (secondary N) is 1. The third-order valence-electron chi connectivity index (χ3n) is 5.41. The monoisotopic (exact) mass is 408 g/mol. The van der Waals surface area contributed by atoms with Gasteiger partial charge < -0.3 is 10.7 Å². The summed E-state index contributed by atoms with van der Waals surface area (Å²) in [6.07, 6.45) is -2.07. The number of hydrogen-bond acceptors (Lipinski definition) is 1. The van der Waals surface area contributed by atoms with Crippen molar-refractivity contribution >= 4 is 10.9 Å². The smallest absolute Gasteiger partial charge is 0.354 e. The van der Waals surface area contributed by atoms with Crippen LogP contribution in [-0.4, -0.2) is 11.5 Å². The number of aryl methyl sites for hydroxylation is 1. The number of nitrogens with two attached hydrogens (primary N) is 1. The van der Waals surface area contributed by atoms with E-state index in [1.807, 2.05) is 54.6 Å². The van der Waals surface area contributed by atoms with Crippen LogP contribution < -0.4 is 5.73 Å². The van der Waals surface area contributed by atoms with Crippen LogP contribution in [0, 0.1) is 0 Å². The number of aromatic nitrogens is 1. The molecule has 0 amide bonds. The summed E-state index contributed by atoms with van der Waals surface area (Å²) in [5.41, 5.74) is 9.85. The molecule has 30 heavy (non-hydrogen) atoms. The van der Waals surface area contributed by atoms with Crippen molar-refractivity contribution in [2.75, 3.05) is 6.54 Å². The summed E-state index contributed by atoms with van der Waals surface area (Å²) in [5, 5.41) is 0.629. The fourth-order valence-electron chi connectivity index (χ4n) is 3.92. The first-order valence-electron chi connectivity index (χ1n) is 10.1. The van der Waals surface area contributed by atoms with E-state index in [1.54, 1.807) is 6.07 Å². The van der Waals surface area contributed by atoms with Crippen LogP contribution in [0.15, 0.2) is 72.8 Å². The Hall–Kier alpha value is -3.05. The molecule has 5 heteroatoms. The normalized spacial score (nSPS) is 11.9. The van der Waals surface area contributed by atoms with Crippen LogP contribution in [0.1, 0.15) is 24.0 Å². The molecule has 154 valence electrons. The number of rotatable bonds is 6. The Morgan fingerprint density at radius 2 is 1.40 bits per heavy atom. The maximum atomic E-state index is 13.6. The predicted octanol–water partition coefficient (Wildman–Crippen LogP) is 6.80. The van der Waals surface area contributed by atoms with Crippen molar-refractivity contribution in [1.82, 2.24) is 4.98 Å². The van der Waals surface area contributed by atoms with Gasteiger partial charge in [0, 0.05) is 11.1 Å². The number of benzene rings is 3. The average Bonchev–Trinajstić information content (AvgIpc) is 3.12. The molecule has 0 spiro atoms. The second kappa shape index (κ2) is 8.36. The number of alkyl halides is 3. The van der Waals surface area contributed by atoms with Crippen LogP contribution in [-0.2, 0) is 12.6 Å². The zero-order chi connectivity index (χ0) is 21.1. The molecule has 0 unspecified atom stereocenters. The van der Waals surface area contributed by atoms with E-state index in [2.05, 4.69) is 4.98 Å². The minimum Gasteiger partial charge on any atom is -0.354 e. The second-order valence-electron chi connectivity index (χ2n) is 7.39. The molecule has 3 N–H and O–H groups in total. The van der Waals surface area contributed by atoms with Crippen LogP contribution in [0.3, 0.4) is 0 Å². The van der Waals surface area contributed by atoms with Gasteiger partial charge in [0.15, 0.2) is 0 Å². The van der Waals surface area contributed by atoms with Crippen LogP contribution in [0.25, 0.3) is 33.3 Å². The zero-order valence-electron chi connectivity index (χ0n) is 16.5. The zero-order valence-corrected chi connectivity index (χ0v) is 16.5. The SMILES string of the molecule is NCCCCc1c(-c2ccc(-c3ccccc3)cc2)[nH]c2c(C(F)(F)F)cccc12. The van der Waals surface area contributed by atoms with Gasteiger partial charge in [-0.05, 0) is 54.1 Å². The second-order valence-corrected chi connectivity index (χ2v) is 7.39. The fraction of sp³-hybridized carbons (Fsp3) is 0.200. The lowest BCUT2D eigenvalue weighted by Crippen LogP contribution is -2.05. The number of fused-ring (bicyclic) bond motifs is 1. The predicted molar refractivity (Wildman–Crippen MR) is 116 cm³/mol. The molecule has 3 aromatic carbocycles. The minimum absolute atomic E-state index is 0.148. The van der Waals surface area contributed by atoms with Gasteiger partial charge >= 0.3 is 6.18 Å². The first kappa shape index (κ1) is 20.2. The number of H-pyrrole nitrogens is 1. The Labute approximate surface area is 173 Å². The molecule has 0 fully saturated rings. The van der Waals surface area contributed by atoms with Crippen molar-refractivity contribution in [1.29, 1.82) is 0 Å². The summed E-state index contributed by atoms with van der Waals surface area (Å²) in [6.45, 7) is 0.567. The molecule has 2 nitrogen and oxygen atoms in total. The van der Waals surface area contributed by atoms with Gasteiger partial charge in [-0.25, -0.2) is 0 Å². The maximum absolute atomic E-state index is 13.6. The van der Waals surface area contributed by atoms with Crippen molar-refractivity contribution in [3.05, 3.63) is 83.9 Å². The topological polar surface area (TPSA) is 41.8 Å². The van der Waals surface area contributed by atoms with Crippen LogP contribution in [0.4, 0.5) is 13.2 Å². The molecule has 0 aliphatic carbocycles. The molecule has 0 radical (unpaired) electrons. The average molecular weight is 408 g/mol. The lowest BCUT2D eigenvalue weighted by Gasteiger charge is -2.08. The van der Waals surface area contributed by atoms with E-state index in [-0.39, 0.29) is 5.52 Å². The quantitative estimate of drug-likeness (QED) is 0.338. The molecule has 1 aromatic heterocycles. The van der Waals surface area contributed by atoms with E-state index in [9.17, 15) is 13.2 Å². The highest BCUT2D eigenvalue weighted by Gasteiger charge is 2.34. The number of hydrogen-bond donors (Lipinski definition) is 2. The van der Waals surface area contributed by atoms with Gasteiger partial charge in [-0.1, -0.05) is 66.7 Å². The van der Waals surface area contributed by atoms with Gasteiger partial charge in [0.2, 0.25) is 0 Å². The lowest BCUT2D eigenvalue weighted by atomic mass is 9.97. The molecule has 0 saturated heterocycles. The molecule has 0 aliphatic rings. The Bertz CT molecular complexity index is 1130. The molecule has 4 rings (SSSR count). The molecule has 0 saturated carbocycles. The largest absolute Gasteiger partial charge is 0.418 e. The van der Waals surface area contributed by atoms with E-state index in [1.165, 1.54) is 6.07 Å². The van der Waals surface area contributed by atoms with E-state index in [0.29, 0.717) is 18.4 Å². The number of aromatic amines is 1. The molecule has 0 aliphatic heterocycles. The van der Waals surface area contributed by atoms with Crippen LogP contribution in [0.2, 0.25) is 0 Å². The molecule has 0 atom stereocenters. The van der Waals surface area contributed by atoms with Crippen molar-refractivity contribution in [2.45, 2.75) is 25.4 Å². The van der Waals surface area contributed by atoms with Gasteiger partial charge in [0.05, 0.1) is 11.1 Å². The summed E-state index contributed by atoms with van der Waals surface area (Å²) in [5.74, 6) is 0. The third-order valence-corrected chi connectivity index (χ3v) is 5.41. The minimum atomic E-state index is -4.41. The van der Waals surface area contributed by atoms with Crippen molar-refractivity contribution in [2.24, 2.45) is 5.73 Å². The first-order chi connectivity index (χ1) is 14.5. The summed E-state index contributed by atoms with van der Waals surface area (Å²) >= 11 is 0. The lowest BCUT2D eigenvalue weighted by molar-refractivity contribution is -0.136. The molecular formula is C25H23F3N2. The summed E-state index contributed by atoms with van der Waals surface area (Å²) in [4.78, 5) is 3.09. The van der Waals surface area contributed by atoms with Gasteiger partial charge in [-0.3, -0.25) is 0 Å². The molecule has 1 heterocycles. The van der Waals surface area contributed by atoms with Crippen LogP contribution >= 0.6 is 0 Å². The third kappa shape index (κ3) is 3.98. The summed E-state index contributed by atoms with van der Waals surface area (Å²) < 4.78 is 40.7. The Balaban J connectivity index is 1.81. The summed E-state index contributed by atoms with van der Waals surface area (Å²) in [6, 6.07) is 22.3. The highest BCUT2D eigenvalue weighted by Crippen LogP contribution is 2.39.